The SMILES string of the molecule is C#CC(C)NC(=O)CC(C)(C)OC. The van der Waals surface area contributed by atoms with Gasteiger partial charge in [0.1, 0.15) is 0 Å². The molecule has 1 amide bonds. The van der Waals surface area contributed by atoms with Gasteiger partial charge in [0.25, 0.3) is 0 Å². The molecule has 0 rings (SSSR count). The van der Waals surface area contributed by atoms with Gasteiger partial charge in [0, 0.05) is 7.11 Å². The summed E-state index contributed by atoms with van der Waals surface area (Å²) < 4.78 is 5.11. The van der Waals surface area contributed by atoms with E-state index in [-0.39, 0.29) is 11.9 Å². The van der Waals surface area contributed by atoms with E-state index in [2.05, 4.69) is 11.2 Å². The minimum atomic E-state index is -0.432. The van der Waals surface area contributed by atoms with E-state index < -0.39 is 5.60 Å². The number of ether oxygens (including phenoxy) is 1. The number of carbonyl (C=O) groups is 1. The van der Waals surface area contributed by atoms with E-state index in [0.717, 1.165) is 0 Å². The Labute approximate surface area is 79.8 Å². The van der Waals surface area contributed by atoms with E-state index in [1.54, 1.807) is 14.0 Å². The van der Waals surface area contributed by atoms with Crippen molar-refractivity contribution in [3.63, 3.8) is 0 Å². The molecule has 74 valence electrons. The number of amides is 1. The van der Waals surface area contributed by atoms with E-state index >= 15 is 0 Å². The van der Waals surface area contributed by atoms with Gasteiger partial charge in [-0.3, -0.25) is 4.79 Å². The van der Waals surface area contributed by atoms with Crippen LogP contribution in [0.3, 0.4) is 0 Å². The van der Waals surface area contributed by atoms with Crippen molar-refractivity contribution in [3.8, 4) is 12.3 Å². The lowest BCUT2D eigenvalue weighted by Gasteiger charge is -2.22. The molecule has 0 radical (unpaired) electrons. The highest BCUT2D eigenvalue weighted by Crippen LogP contribution is 2.12. The molecule has 0 spiro atoms. The van der Waals surface area contributed by atoms with Crippen LogP contribution in [0, 0.1) is 12.3 Å². The van der Waals surface area contributed by atoms with Gasteiger partial charge in [0.2, 0.25) is 5.91 Å². The Morgan fingerprint density at radius 2 is 2.23 bits per heavy atom. The molecule has 0 aliphatic rings. The number of methoxy groups -OCH3 is 1. The quantitative estimate of drug-likeness (QED) is 0.659. The summed E-state index contributed by atoms with van der Waals surface area (Å²) >= 11 is 0. The standard InChI is InChI=1S/C10H17NO2/c1-6-8(2)11-9(12)7-10(3,4)13-5/h1,8H,7H2,2-5H3,(H,11,12). The van der Waals surface area contributed by atoms with Crippen LogP contribution in [-0.4, -0.2) is 24.7 Å². The van der Waals surface area contributed by atoms with Gasteiger partial charge in [-0.25, -0.2) is 0 Å². The van der Waals surface area contributed by atoms with Crippen LogP contribution in [0.25, 0.3) is 0 Å². The van der Waals surface area contributed by atoms with Crippen molar-refractivity contribution in [3.05, 3.63) is 0 Å². The number of carbonyl (C=O) groups excluding carboxylic acids is 1. The molecule has 0 aromatic rings. The first-order chi connectivity index (χ1) is 5.91. The highest BCUT2D eigenvalue weighted by Gasteiger charge is 2.21. The van der Waals surface area contributed by atoms with Crippen molar-refractivity contribution in [2.75, 3.05) is 7.11 Å². The molecule has 0 aromatic heterocycles. The van der Waals surface area contributed by atoms with Gasteiger partial charge in [-0.2, -0.15) is 0 Å². The molecule has 0 saturated heterocycles. The van der Waals surface area contributed by atoms with Crippen molar-refractivity contribution in [1.82, 2.24) is 5.32 Å². The zero-order valence-electron chi connectivity index (χ0n) is 8.68. The summed E-state index contributed by atoms with van der Waals surface area (Å²) in [5, 5.41) is 2.66. The zero-order chi connectivity index (χ0) is 10.5. The Morgan fingerprint density at radius 1 is 1.69 bits per heavy atom. The van der Waals surface area contributed by atoms with Crippen LogP contribution in [0.5, 0.6) is 0 Å². The fourth-order valence-corrected chi connectivity index (χ4v) is 0.793. The molecule has 0 aliphatic heterocycles. The van der Waals surface area contributed by atoms with Crippen molar-refractivity contribution < 1.29 is 9.53 Å². The van der Waals surface area contributed by atoms with Crippen LogP contribution in [0.1, 0.15) is 27.2 Å². The number of hydrogen-bond acceptors (Lipinski definition) is 2. The van der Waals surface area contributed by atoms with Crippen molar-refractivity contribution >= 4 is 5.91 Å². The minimum Gasteiger partial charge on any atom is -0.378 e. The molecule has 0 saturated carbocycles. The number of rotatable bonds is 4. The summed E-state index contributed by atoms with van der Waals surface area (Å²) in [5.41, 5.74) is -0.432. The van der Waals surface area contributed by atoms with Crippen LogP contribution in [0.2, 0.25) is 0 Å². The third-order valence-corrected chi connectivity index (χ3v) is 1.77. The smallest absolute Gasteiger partial charge is 0.223 e. The third-order valence-electron chi connectivity index (χ3n) is 1.77. The molecule has 3 heteroatoms. The fourth-order valence-electron chi connectivity index (χ4n) is 0.793. The summed E-state index contributed by atoms with van der Waals surface area (Å²) in [5.74, 6) is 2.34. The highest BCUT2D eigenvalue weighted by atomic mass is 16.5. The largest absolute Gasteiger partial charge is 0.378 e. The van der Waals surface area contributed by atoms with Gasteiger partial charge in [-0.1, -0.05) is 5.92 Å². The predicted molar refractivity (Wildman–Crippen MR) is 52.1 cm³/mol. The molecular formula is C10H17NO2. The normalized spacial score (nSPS) is 13.2. The lowest BCUT2D eigenvalue weighted by Crippen LogP contribution is -2.37. The maximum Gasteiger partial charge on any atom is 0.223 e. The molecule has 0 aliphatic carbocycles. The Balaban J connectivity index is 3.96. The van der Waals surface area contributed by atoms with E-state index in [4.69, 9.17) is 11.2 Å². The van der Waals surface area contributed by atoms with Gasteiger partial charge in [-0.05, 0) is 20.8 Å². The molecule has 0 heterocycles. The first-order valence-electron chi connectivity index (χ1n) is 4.22. The van der Waals surface area contributed by atoms with Gasteiger partial charge in [0.15, 0.2) is 0 Å². The first kappa shape index (κ1) is 12.0. The maximum atomic E-state index is 11.3. The monoisotopic (exact) mass is 183 g/mol. The van der Waals surface area contributed by atoms with Gasteiger partial charge in [-0.15, -0.1) is 6.42 Å². The Hall–Kier alpha value is -1.01. The second kappa shape index (κ2) is 4.88. The van der Waals surface area contributed by atoms with Gasteiger partial charge in [0.05, 0.1) is 18.1 Å². The van der Waals surface area contributed by atoms with Crippen molar-refractivity contribution in [1.29, 1.82) is 0 Å². The molecular weight excluding hydrogens is 166 g/mol. The summed E-state index contributed by atoms with van der Waals surface area (Å²) in [6, 6.07) is -0.222. The predicted octanol–water partition coefficient (Wildman–Crippen LogP) is 0.939. The molecule has 0 fully saturated rings. The lowest BCUT2D eigenvalue weighted by molar-refractivity contribution is -0.126. The summed E-state index contributed by atoms with van der Waals surface area (Å²) in [4.78, 5) is 11.3. The van der Waals surface area contributed by atoms with E-state index in [1.165, 1.54) is 0 Å². The van der Waals surface area contributed by atoms with Crippen molar-refractivity contribution in [2.24, 2.45) is 0 Å². The van der Waals surface area contributed by atoms with Crippen LogP contribution in [0.4, 0.5) is 0 Å². The Morgan fingerprint density at radius 3 is 2.62 bits per heavy atom. The number of terminal acetylenes is 1. The molecule has 0 aromatic carbocycles. The molecule has 1 atom stereocenters. The average molecular weight is 183 g/mol. The van der Waals surface area contributed by atoms with Crippen LogP contribution in [-0.2, 0) is 9.53 Å². The Kier molecular flexibility index (Phi) is 4.50. The van der Waals surface area contributed by atoms with Crippen molar-refractivity contribution in [2.45, 2.75) is 38.8 Å². The van der Waals surface area contributed by atoms with E-state index in [1.807, 2.05) is 13.8 Å². The lowest BCUT2D eigenvalue weighted by atomic mass is 10.0. The number of nitrogens with one attached hydrogen (secondary N) is 1. The summed E-state index contributed by atoms with van der Waals surface area (Å²) in [6.45, 7) is 5.47. The maximum absolute atomic E-state index is 11.3. The van der Waals surface area contributed by atoms with Gasteiger partial charge >= 0.3 is 0 Å². The van der Waals surface area contributed by atoms with Gasteiger partial charge < -0.3 is 10.1 Å². The van der Waals surface area contributed by atoms with Crippen LogP contribution >= 0.6 is 0 Å². The second-order valence-electron chi connectivity index (χ2n) is 3.60. The van der Waals surface area contributed by atoms with E-state index in [0.29, 0.717) is 6.42 Å². The molecule has 1 N–H and O–H groups in total. The second-order valence-corrected chi connectivity index (χ2v) is 3.60. The summed E-state index contributed by atoms with van der Waals surface area (Å²) in [7, 11) is 1.58. The van der Waals surface area contributed by atoms with Crippen LogP contribution < -0.4 is 5.32 Å². The highest BCUT2D eigenvalue weighted by molar-refractivity contribution is 5.77. The fraction of sp³-hybridized carbons (Fsp3) is 0.700. The topological polar surface area (TPSA) is 38.3 Å². The first-order valence-corrected chi connectivity index (χ1v) is 4.22. The van der Waals surface area contributed by atoms with E-state index in [9.17, 15) is 4.79 Å². The number of hydrogen-bond donors (Lipinski definition) is 1. The average Bonchev–Trinajstić information content (AvgIpc) is 2.03. The molecule has 0 bridgehead atoms. The molecule has 13 heavy (non-hydrogen) atoms. The Bertz CT molecular complexity index is 215. The third kappa shape index (κ3) is 5.26. The summed E-state index contributed by atoms with van der Waals surface area (Å²) in [6.07, 6.45) is 5.44. The zero-order valence-corrected chi connectivity index (χ0v) is 8.68. The molecule has 3 nitrogen and oxygen atoms in total. The molecule has 1 unspecified atom stereocenters. The van der Waals surface area contributed by atoms with Crippen LogP contribution in [0.15, 0.2) is 0 Å². The minimum absolute atomic E-state index is 0.0858.